The van der Waals surface area contributed by atoms with E-state index in [4.69, 9.17) is 10.2 Å². The average molecular weight is 277 g/mol. The number of aromatic nitrogens is 1. The molecule has 0 amide bonds. The van der Waals surface area contributed by atoms with Crippen molar-refractivity contribution in [3.8, 4) is 0 Å². The van der Waals surface area contributed by atoms with Crippen molar-refractivity contribution in [1.29, 1.82) is 0 Å². The smallest absolute Gasteiger partial charge is 0.188 e. The minimum absolute atomic E-state index is 0.0295. The lowest BCUT2D eigenvalue weighted by Gasteiger charge is -2.24. The number of hydrogen-bond acceptors (Lipinski definition) is 8. The molecule has 4 atom stereocenters. The topological polar surface area (TPSA) is 131 Å². The van der Waals surface area contributed by atoms with Crippen LogP contribution >= 0.6 is 11.3 Å². The van der Waals surface area contributed by atoms with Crippen LogP contribution in [0.2, 0.25) is 0 Å². The van der Waals surface area contributed by atoms with Gasteiger partial charge >= 0.3 is 0 Å². The molecule has 0 saturated carbocycles. The van der Waals surface area contributed by atoms with E-state index < -0.39 is 31.0 Å². The van der Waals surface area contributed by atoms with Crippen molar-refractivity contribution in [2.75, 3.05) is 6.61 Å². The van der Waals surface area contributed by atoms with Crippen molar-refractivity contribution in [2.24, 2.45) is 0 Å². The summed E-state index contributed by atoms with van der Waals surface area (Å²) in [5.41, 5.74) is 0.0295. The first kappa shape index (κ1) is 15.2. The van der Waals surface area contributed by atoms with Crippen LogP contribution in [0.3, 0.4) is 0 Å². The summed E-state index contributed by atoms with van der Waals surface area (Å²) in [7, 11) is 0. The molecule has 0 unspecified atom stereocenters. The highest BCUT2D eigenvalue weighted by Crippen LogP contribution is 2.22. The Balaban J connectivity index is 2.79. The largest absolute Gasteiger partial charge is 0.394 e. The fourth-order valence-corrected chi connectivity index (χ4v) is 2.03. The third-order valence-electron chi connectivity index (χ3n) is 2.38. The molecular formula is C10H15NO6S. The fourth-order valence-electron chi connectivity index (χ4n) is 1.28. The van der Waals surface area contributed by atoms with Crippen LogP contribution in [0.1, 0.15) is 28.5 Å². The zero-order valence-corrected chi connectivity index (χ0v) is 10.4. The summed E-state index contributed by atoms with van der Waals surface area (Å²) in [5, 5.41) is 48.1. The molecule has 5 N–H and O–H groups in total. The molecule has 1 aromatic heterocycles. The number of carbonyl (C=O) groups excluding carboxylic acids is 1. The Hall–Kier alpha value is -0.900. The first-order valence-corrected chi connectivity index (χ1v) is 6.06. The highest BCUT2D eigenvalue weighted by Gasteiger charge is 2.32. The molecule has 1 aromatic rings. The molecule has 18 heavy (non-hydrogen) atoms. The Bertz CT molecular complexity index is 409. The predicted octanol–water partition coefficient (Wildman–Crippen LogP) is -1.55. The maximum absolute atomic E-state index is 11.0. The van der Waals surface area contributed by atoms with Crippen molar-refractivity contribution in [2.45, 2.75) is 31.3 Å². The Morgan fingerprint density at radius 3 is 2.39 bits per heavy atom. The zero-order chi connectivity index (χ0) is 13.9. The molecule has 0 aliphatic heterocycles. The monoisotopic (exact) mass is 277 g/mol. The van der Waals surface area contributed by atoms with Gasteiger partial charge in [-0.25, -0.2) is 4.98 Å². The summed E-state index contributed by atoms with van der Waals surface area (Å²) in [4.78, 5) is 14.8. The Labute approximate surface area is 107 Å². The second-order valence-corrected chi connectivity index (χ2v) is 4.67. The summed E-state index contributed by atoms with van der Waals surface area (Å²) in [6.07, 6.45) is -6.55. The zero-order valence-electron chi connectivity index (χ0n) is 9.59. The van der Waals surface area contributed by atoms with Crippen LogP contribution in [0.5, 0.6) is 0 Å². The third kappa shape index (κ3) is 3.31. The van der Waals surface area contributed by atoms with Crippen molar-refractivity contribution < 1.29 is 30.3 Å². The molecular weight excluding hydrogens is 262 g/mol. The maximum atomic E-state index is 11.0. The van der Waals surface area contributed by atoms with Crippen LogP contribution in [0, 0.1) is 0 Å². The standard InChI is InChI=1S/C10H15NO6S/c1-4(13)10-11-5(3-18-10)7(15)9(17)8(16)6(14)2-12/h3,6-9,12,14-17H,2H2,1H3/t6-,7-,8-,9+/m1/s1. The van der Waals surface area contributed by atoms with Crippen LogP contribution in [-0.2, 0) is 0 Å². The summed E-state index contributed by atoms with van der Waals surface area (Å²) in [6.45, 7) is 0.566. The van der Waals surface area contributed by atoms with Crippen molar-refractivity contribution >= 4 is 17.1 Å². The average Bonchev–Trinajstić information content (AvgIpc) is 2.84. The lowest BCUT2D eigenvalue weighted by atomic mass is 10.0. The number of rotatable bonds is 6. The third-order valence-corrected chi connectivity index (χ3v) is 3.34. The van der Waals surface area contributed by atoms with Crippen LogP contribution in [0.15, 0.2) is 5.38 Å². The number of carbonyl (C=O) groups is 1. The first-order chi connectivity index (χ1) is 8.38. The summed E-state index contributed by atoms with van der Waals surface area (Å²) in [6, 6.07) is 0. The predicted molar refractivity (Wildman–Crippen MR) is 62.2 cm³/mol. The van der Waals surface area contributed by atoms with E-state index in [2.05, 4.69) is 4.98 Å². The number of hydrogen-bond donors (Lipinski definition) is 5. The Kier molecular flexibility index (Phi) is 5.32. The number of ketones is 1. The molecule has 0 aromatic carbocycles. The summed E-state index contributed by atoms with van der Waals surface area (Å²) >= 11 is 1.00. The minimum atomic E-state index is -1.72. The van der Waals surface area contributed by atoms with E-state index in [1.807, 2.05) is 0 Å². The van der Waals surface area contributed by atoms with E-state index in [1.165, 1.54) is 12.3 Å². The van der Waals surface area contributed by atoms with Gasteiger partial charge in [0.1, 0.15) is 24.4 Å². The molecule has 102 valence electrons. The number of nitrogens with zero attached hydrogens (tertiary/aromatic N) is 1. The van der Waals surface area contributed by atoms with Crippen LogP contribution in [0.25, 0.3) is 0 Å². The van der Waals surface area contributed by atoms with E-state index in [0.717, 1.165) is 11.3 Å². The molecule has 8 heteroatoms. The van der Waals surface area contributed by atoms with E-state index in [9.17, 15) is 20.1 Å². The van der Waals surface area contributed by atoms with Crippen LogP contribution < -0.4 is 0 Å². The van der Waals surface area contributed by atoms with Gasteiger partial charge in [0, 0.05) is 12.3 Å². The normalized spacial score (nSPS) is 18.1. The molecule has 7 nitrogen and oxygen atoms in total. The number of aliphatic hydroxyl groups is 5. The number of thiazole rings is 1. The molecule has 0 aliphatic rings. The first-order valence-electron chi connectivity index (χ1n) is 5.18. The molecule has 0 bridgehead atoms. The maximum Gasteiger partial charge on any atom is 0.188 e. The van der Waals surface area contributed by atoms with Gasteiger partial charge in [0.05, 0.1) is 12.3 Å². The molecule has 0 fully saturated rings. The highest BCUT2D eigenvalue weighted by atomic mass is 32.1. The summed E-state index contributed by atoms with van der Waals surface area (Å²) < 4.78 is 0. The number of Topliss-reactive ketones (excluding diaryl/α,β-unsaturated/α-hetero) is 1. The summed E-state index contributed by atoms with van der Waals surface area (Å²) in [5.74, 6) is -0.274. The van der Waals surface area contributed by atoms with Gasteiger partial charge in [0.25, 0.3) is 0 Å². The number of aliphatic hydroxyl groups excluding tert-OH is 5. The molecule has 0 spiro atoms. The SMILES string of the molecule is CC(=O)c1nc([C@@H](O)[C@H](O)[C@H](O)[C@H](O)CO)cs1. The van der Waals surface area contributed by atoms with Gasteiger partial charge in [-0.2, -0.15) is 0 Å². The van der Waals surface area contributed by atoms with E-state index in [-0.39, 0.29) is 16.5 Å². The second-order valence-electron chi connectivity index (χ2n) is 3.81. The molecule has 0 radical (unpaired) electrons. The van der Waals surface area contributed by atoms with E-state index in [1.54, 1.807) is 0 Å². The van der Waals surface area contributed by atoms with Crippen molar-refractivity contribution in [1.82, 2.24) is 4.98 Å². The molecule has 0 aliphatic carbocycles. The van der Waals surface area contributed by atoms with Gasteiger partial charge in [0.15, 0.2) is 10.8 Å². The van der Waals surface area contributed by atoms with Gasteiger partial charge in [-0.15, -0.1) is 11.3 Å². The van der Waals surface area contributed by atoms with Crippen molar-refractivity contribution in [3.63, 3.8) is 0 Å². The Morgan fingerprint density at radius 1 is 1.33 bits per heavy atom. The van der Waals surface area contributed by atoms with Crippen LogP contribution in [0.4, 0.5) is 0 Å². The molecule has 0 saturated heterocycles. The van der Waals surface area contributed by atoms with Crippen LogP contribution in [-0.4, -0.2) is 61.2 Å². The van der Waals surface area contributed by atoms with Gasteiger partial charge in [-0.05, 0) is 0 Å². The van der Waals surface area contributed by atoms with Gasteiger partial charge in [-0.1, -0.05) is 0 Å². The van der Waals surface area contributed by atoms with Gasteiger partial charge in [-0.3, -0.25) is 4.79 Å². The lowest BCUT2D eigenvalue weighted by molar-refractivity contribution is -0.117. The second kappa shape index (κ2) is 6.32. The van der Waals surface area contributed by atoms with Crippen molar-refractivity contribution in [3.05, 3.63) is 16.1 Å². The van der Waals surface area contributed by atoms with Gasteiger partial charge < -0.3 is 25.5 Å². The van der Waals surface area contributed by atoms with E-state index in [0.29, 0.717) is 0 Å². The van der Waals surface area contributed by atoms with Gasteiger partial charge in [0.2, 0.25) is 0 Å². The lowest BCUT2D eigenvalue weighted by Crippen LogP contribution is -2.42. The molecule has 1 heterocycles. The highest BCUT2D eigenvalue weighted by molar-refractivity contribution is 7.11. The fraction of sp³-hybridized carbons (Fsp3) is 0.600. The molecule has 1 rings (SSSR count). The van der Waals surface area contributed by atoms with E-state index >= 15 is 0 Å². The quantitative estimate of drug-likeness (QED) is 0.398. The minimum Gasteiger partial charge on any atom is -0.394 e. The Morgan fingerprint density at radius 2 is 1.94 bits per heavy atom.